The molecule has 110 valence electrons. The Hall–Kier alpha value is -0.940. The summed E-state index contributed by atoms with van der Waals surface area (Å²) in [6.07, 6.45) is 7.14. The van der Waals surface area contributed by atoms with Crippen LogP contribution in [0.3, 0.4) is 0 Å². The number of nitrogens with zero attached hydrogens (tertiary/aromatic N) is 2. The standard InChI is InChI=1S/C15H23N3O2/c16-9-15(3-5-19-6-4-15)14-17-13(18-20-14)12-8-10-1-2-11(12)7-10/h10-12H,1-9,16H2. The van der Waals surface area contributed by atoms with E-state index in [0.29, 0.717) is 12.5 Å². The van der Waals surface area contributed by atoms with Gasteiger partial charge in [-0.25, -0.2) is 0 Å². The quantitative estimate of drug-likeness (QED) is 0.914. The largest absolute Gasteiger partial charge is 0.381 e. The lowest BCUT2D eigenvalue weighted by Gasteiger charge is -2.32. The van der Waals surface area contributed by atoms with Crippen LogP contribution in [0.1, 0.15) is 56.2 Å². The first-order valence-electron chi connectivity index (χ1n) is 7.93. The van der Waals surface area contributed by atoms with Gasteiger partial charge < -0.3 is 15.0 Å². The Morgan fingerprint density at radius 2 is 2.05 bits per heavy atom. The monoisotopic (exact) mass is 277 g/mol. The third kappa shape index (κ3) is 1.91. The van der Waals surface area contributed by atoms with Gasteiger partial charge in [-0.1, -0.05) is 11.6 Å². The molecule has 1 aromatic rings. The van der Waals surface area contributed by atoms with Gasteiger partial charge in [0.05, 0.1) is 5.41 Å². The third-order valence-corrected chi connectivity index (χ3v) is 5.81. The predicted molar refractivity (Wildman–Crippen MR) is 73.3 cm³/mol. The Morgan fingerprint density at radius 3 is 2.70 bits per heavy atom. The highest BCUT2D eigenvalue weighted by Gasteiger charge is 2.44. The van der Waals surface area contributed by atoms with Gasteiger partial charge >= 0.3 is 0 Å². The van der Waals surface area contributed by atoms with Gasteiger partial charge in [-0.05, 0) is 43.9 Å². The molecule has 0 amide bonds. The lowest BCUT2D eigenvalue weighted by Crippen LogP contribution is -2.41. The predicted octanol–water partition coefficient (Wildman–Crippen LogP) is 1.98. The summed E-state index contributed by atoms with van der Waals surface area (Å²) >= 11 is 0. The van der Waals surface area contributed by atoms with Crippen LogP contribution in [0, 0.1) is 11.8 Å². The van der Waals surface area contributed by atoms with E-state index in [1.54, 1.807) is 0 Å². The molecule has 5 nitrogen and oxygen atoms in total. The molecule has 1 saturated heterocycles. The smallest absolute Gasteiger partial charge is 0.234 e. The van der Waals surface area contributed by atoms with Crippen LogP contribution >= 0.6 is 0 Å². The van der Waals surface area contributed by atoms with E-state index >= 15 is 0 Å². The maximum atomic E-state index is 6.01. The summed E-state index contributed by atoms with van der Waals surface area (Å²) < 4.78 is 11.1. The molecule has 1 aromatic heterocycles. The molecular weight excluding hydrogens is 254 g/mol. The van der Waals surface area contributed by atoms with Crippen molar-refractivity contribution in [1.82, 2.24) is 10.1 Å². The number of fused-ring (bicyclic) bond motifs is 2. The summed E-state index contributed by atoms with van der Waals surface area (Å²) in [5.74, 6) is 3.90. The van der Waals surface area contributed by atoms with Crippen molar-refractivity contribution in [2.75, 3.05) is 19.8 Å². The average molecular weight is 277 g/mol. The van der Waals surface area contributed by atoms with E-state index in [0.717, 1.165) is 49.6 Å². The van der Waals surface area contributed by atoms with Gasteiger partial charge in [0.1, 0.15) is 0 Å². The van der Waals surface area contributed by atoms with Gasteiger partial charge in [0.25, 0.3) is 0 Å². The minimum absolute atomic E-state index is 0.152. The molecule has 3 fully saturated rings. The number of hydrogen-bond donors (Lipinski definition) is 1. The first-order valence-corrected chi connectivity index (χ1v) is 7.93. The molecule has 3 aliphatic rings. The van der Waals surface area contributed by atoms with E-state index in [1.807, 2.05) is 0 Å². The van der Waals surface area contributed by atoms with Gasteiger partial charge in [0, 0.05) is 25.7 Å². The molecule has 2 heterocycles. The Balaban J connectivity index is 1.58. The lowest BCUT2D eigenvalue weighted by molar-refractivity contribution is 0.0409. The summed E-state index contributed by atoms with van der Waals surface area (Å²) in [4.78, 5) is 4.76. The van der Waals surface area contributed by atoms with Gasteiger partial charge in [0.15, 0.2) is 5.82 Å². The van der Waals surface area contributed by atoms with Gasteiger partial charge in [0.2, 0.25) is 5.89 Å². The molecule has 2 bridgehead atoms. The minimum Gasteiger partial charge on any atom is -0.381 e. The summed E-state index contributed by atoms with van der Waals surface area (Å²) in [5.41, 5.74) is 5.86. The Labute approximate surface area is 119 Å². The molecule has 5 heteroatoms. The maximum absolute atomic E-state index is 6.01. The van der Waals surface area contributed by atoms with Crippen LogP contribution in [0.25, 0.3) is 0 Å². The fourth-order valence-corrected chi connectivity index (χ4v) is 4.43. The van der Waals surface area contributed by atoms with E-state index in [4.69, 9.17) is 20.0 Å². The van der Waals surface area contributed by atoms with Crippen molar-refractivity contribution >= 4 is 0 Å². The van der Waals surface area contributed by atoms with Crippen LogP contribution < -0.4 is 5.73 Å². The fourth-order valence-electron chi connectivity index (χ4n) is 4.43. The molecule has 2 saturated carbocycles. The topological polar surface area (TPSA) is 74.2 Å². The van der Waals surface area contributed by atoms with Crippen molar-refractivity contribution in [3.8, 4) is 0 Å². The first kappa shape index (κ1) is 12.8. The van der Waals surface area contributed by atoms with E-state index < -0.39 is 0 Å². The summed E-state index contributed by atoms with van der Waals surface area (Å²) in [6, 6.07) is 0. The van der Waals surface area contributed by atoms with Crippen molar-refractivity contribution in [2.45, 2.75) is 49.9 Å². The van der Waals surface area contributed by atoms with Crippen LogP contribution in [0.5, 0.6) is 0 Å². The Bertz CT molecular complexity index is 481. The van der Waals surface area contributed by atoms with Crippen LogP contribution in [-0.4, -0.2) is 29.9 Å². The Morgan fingerprint density at radius 1 is 1.20 bits per heavy atom. The van der Waals surface area contributed by atoms with E-state index in [1.165, 1.54) is 25.7 Å². The van der Waals surface area contributed by atoms with Crippen molar-refractivity contribution in [3.05, 3.63) is 11.7 Å². The molecule has 2 aliphatic carbocycles. The summed E-state index contributed by atoms with van der Waals surface area (Å²) in [6.45, 7) is 2.04. The average Bonchev–Trinajstić information content (AvgIpc) is 3.23. The van der Waals surface area contributed by atoms with Crippen molar-refractivity contribution < 1.29 is 9.26 Å². The second-order valence-electron chi connectivity index (χ2n) is 6.84. The number of nitrogens with two attached hydrogens (primary N) is 1. The third-order valence-electron chi connectivity index (χ3n) is 5.81. The molecule has 4 rings (SSSR count). The Kier molecular flexibility index (Phi) is 3.07. The number of hydrogen-bond acceptors (Lipinski definition) is 5. The van der Waals surface area contributed by atoms with Crippen LogP contribution in [0.2, 0.25) is 0 Å². The molecule has 2 N–H and O–H groups in total. The fraction of sp³-hybridized carbons (Fsp3) is 0.867. The van der Waals surface area contributed by atoms with Gasteiger partial charge in [-0.2, -0.15) is 4.98 Å². The van der Waals surface area contributed by atoms with Crippen molar-refractivity contribution in [1.29, 1.82) is 0 Å². The zero-order valence-electron chi connectivity index (χ0n) is 11.9. The van der Waals surface area contributed by atoms with Crippen LogP contribution in [-0.2, 0) is 10.2 Å². The highest BCUT2D eigenvalue weighted by molar-refractivity contribution is 5.12. The SMILES string of the molecule is NCC1(c2nc(C3CC4CCC3C4)no2)CCOCC1. The van der Waals surface area contributed by atoms with Gasteiger partial charge in [-0.15, -0.1) is 0 Å². The molecular formula is C15H23N3O2. The normalized spacial score (nSPS) is 35.5. The summed E-state index contributed by atoms with van der Waals surface area (Å²) in [5, 5.41) is 4.30. The van der Waals surface area contributed by atoms with Crippen LogP contribution in [0.4, 0.5) is 0 Å². The van der Waals surface area contributed by atoms with Crippen molar-refractivity contribution in [2.24, 2.45) is 17.6 Å². The maximum Gasteiger partial charge on any atom is 0.234 e. The molecule has 3 unspecified atom stereocenters. The highest BCUT2D eigenvalue weighted by atomic mass is 16.5. The minimum atomic E-state index is -0.152. The zero-order chi connectivity index (χ0) is 13.6. The number of aromatic nitrogens is 2. The summed E-state index contributed by atoms with van der Waals surface area (Å²) in [7, 11) is 0. The highest BCUT2D eigenvalue weighted by Crippen LogP contribution is 2.52. The molecule has 20 heavy (non-hydrogen) atoms. The molecule has 0 radical (unpaired) electrons. The molecule has 0 spiro atoms. The molecule has 3 atom stereocenters. The number of rotatable bonds is 3. The van der Waals surface area contributed by atoms with E-state index in [9.17, 15) is 0 Å². The van der Waals surface area contributed by atoms with Crippen molar-refractivity contribution in [3.63, 3.8) is 0 Å². The zero-order valence-corrected chi connectivity index (χ0v) is 11.9. The number of ether oxygens (including phenoxy) is 1. The van der Waals surface area contributed by atoms with E-state index in [-0.39, 0.29) is 5.41 Å². The second kappa shape index (κ2) is 4.81. The lowest BCUT2D eigenvalue weighted by atomic mass is 9.80. The molecule has 1 aliphatic heterocycles. The van der Waals surface area contributed by atoms with Gasteiger partial charge in [-0.3, -0.25) is 0 Å². The second-order valence-corrected chi connectivity index (χ2v) is 6.84. The van der Waals surface area contributed by atoms with E-state index in [2.05, 4.69) is 5.16 Å². The van der Waals surface area contributed by atoms with Crippen LogP contribution in [0.15, 0.2) is 4.52 Å². The first-order chi connectivity index (χ1) is 9.81. The molecule has 0 aromatic carbocycles.